The van der Waals surface area contributed by atoms with E-state index < -0.39 is 12.4 Å². The van der Waals surface area contributed by atoms with Gasteiger partial charge in [0.25, 0.3) is 0 Å². The number of terminal acetylenes is 1. The molecule has 8 heteroatoms. The maximum absolute atomic E-state index is 12.4. The number of ether oxygens (including phenoxy) is 1. The van der Waals surface area contributed by atoms with E-state index in [1.165, 1.54) is 16.7 Å². The van der Waals surface area contributed by atoms with Crippen molar-refractivity contribution >= 4 is 23.2 Å². The topological polar surface area (TPSA) is 49.0 Å². The number of hydrogen-bond donors (Lipinski definition) is 0. The summed E-state index contributed by atoms with van der Waals surface area (Å²) >= 11 is 12.2. The van der Waals surface area contributed by atoms with Gasteiger partial charge in [0.1, 0.15) is 18.2 Å². The van der Waals surface area contributed by atoms with Gasteiger partial charge in [0.2, 0.25) is 0 Å². The molecule has 0 amide bonds. The predicted molar refractivity (Wildman–Crippen MR) is 87.5 cm³/mol. The summed E-state index contributed by atoms with van der Waals surface area (Å²) in [6.07, 6.45) is 5.39. The lowest BCUT2D eigenvalue weighted by atomic mass is 10.3. The van der Waals surface area contributed by atoms with Crippen LogP contribution in [0, 0.1) is 19.3 Å². The molecular weight excluding hydrogens is 344 g/mol. The second-order valence-electron chi connectivity index (χ2n) is 4.66. The number of nitrogens with zero attached hydrogens (tertiary/aromatic N) is 3. The lowest BCUT2D eigenvalue weighted by molar-refractivity contribution is 0.370. The number of aromatic nitrogens is 3. The summed E-state index contributed by atoms with van der Waals surface area (Å²) in [5, 5.41) is 4.68. The zero-order valence-electron chi connectivity index (χ0n) is 12.4. The van der Waals surface area contributed by atoms with Crippen LogP contribution < -0.4 is 10.4 Å². The Hall–Kier alpha value is -1.97. The van der Waals surface area contributed by atoms with Gasteiger partial charge in [0, 0.05) is 12.6 Å². The quantitative estimate of drug-likeness (QED) is 0.746. The number of halogens is 3. The Kier molecular flexibility index (Phi) is 5.69. The van der Waals surface area contributed by atoms with E-state index in [4.69, 9.17) is 34.4 Å². The molecule has 0 unspecified atom stereocenters. The molecule has 0 radical (unpaired) electrons. The number of alkyl halides is 1. The Labute approximate surface area is 142 Å². The molecule has 0 saturated heterocycles. The van der Waals surface area contributed by atoms with Crippen LogP contribution in [0.2, 0.25) is 10.0 Å². The summed E-state index contributed by atoms with van der Waals surface area (Å²) in [7, 11) is 0. The summed E-state index contributed by atoms with van der Waals surface area (Å²) in [6, 6.07) is 2.95. The van der Waals surface area contributed by atoms with Crippen molar-refractivity contribution in [1.29, 1.82) is 0 Å². The first-order chi connectivity index (χ1) is 11.0. The van der Waals surface area contributed by atoms with E-state index in [9.17, 15) is 9.18 Å². The molecule has 23 heavy (non-hydrogen) atoms. The molecule has 1 aromatic heterocycles. The second-order valence-corrected chi connectivity index (χ2v) is 5.48. The van der Waals surface area contributed by atoms with Crippen LogP contribution in [0.4, 0.5) is 4.39 Å². The fraction of sp³-hybridized carbons (Fsp3) is 0.333. The number of hydrogen-bond acceptors (Lipinski definition) is 3. The number of rotatable bonds is 6. The molecule has 1 heterocycles. The molecule has 122 valence electrons. The molecule has 0 aliphatic heterocycles. The normalized spacial score (nSPS) is 10.6. The van der Waals surface area contributed by atoms with Crippen LogP contribution in [0.1, 0.15) is 12.2 Å². The van der Waals surface area contributed by atoms with Crippen molar-refractivity contribution in [2.45, 2.75) is 19.9 Å². The Morgan fingerprint density at radius 3 is 2.78 bits per heavy atom. The predicted octanol–water partition coefficient (Wildman–Crippen LogP) is 3.02. The number of benzene rings is 1. The highest BCUT2D eigenvalue weighted by Crippen LogP contribution is 2.32. The first-order valence-electron chi connectivity index (χ1n) is 6.77. The lowest BCUT2D eigenvalue weighted by Gasteiger charge is -2.09. The Morgan fingerprint density at radius 2 is 2.13 bits per heavy atom. The van der Waals surface area contributed by atoms with E-state index in [-0.39, 0.29) is 29.6 Å². The standard InChI is InChI=1S/C15H14Cl2FN3O2/c1-3-7-23-14-9-13(11(16)8-12(14)17)21-15(22)20(6-4-5-18)10(2)19-21/h1,8-9H,4-7H2,2H3. The van der Waals surface area contributed by atoms with Crippen molar-refractivity contribution in [3.05, 3.63) is 38.5 Å². The molecule has 2 aromatic rings. The monoisotopic (exact) mass is 357 g/mol. The molecule has 1 aromatic carbocycles. The van der Waals surface area contributed by atoms with Gasteiger partial charge in [0.15, 0.2) is 0 Å². The van der Waals surface area contributed by atoms with E-state index >= 15 is 0 Å². The van der Waals surface area contributed by atoms with Gasteiger partial charge in [-0.2, -0.15) is 9.78 Å². The maximum Gasteiger partial charge on any atom is 0.350 e. The molecule has 2 rings (SSSR count). The molecule has 0 N–H and O–H groups in total. The van der Waals surface area contributed by atoms with E-state index in [2.05, 4.69) is 11.0 Å². The molecule has 0 aliphatic rings. The fourth-order valence-electron chi connectivity index (χ4n) is 2.04. The van der Waals surface area contributed by atoms with Crippen LogP contribution >= 0.6 is 23.2 Å². The van der Waals surface area contributed by atoms with Crippen molar-refractivity contribution in [1.82, 2.24) is 14.3 Å². The van der Waals surface area contributed by atoms with Crippen LogP contribution in [0.5, 0.6) is 5.75 Å². The van der Waals surface area contributed by atoms with Gasteiger partial charge in [-0.25, -0.2) is 4.79 Å². The first-order valence-corrected chi connectivity index (χ1v) is 7.53. The average molecular weight is 358 g/mol. The zero-order valence-corrected chi connectivity index (χ0v) is 13.9. The van der Waals surface area contributed by atoms with E-state index in [0.29, 0.717) is 17.3 Å². The van der Waals surface area contributed by atoms with Gasteiger partial charge in [-0.05, 0) is 19.4 Å². The van der Waals surface area contributed by atoms with Gasteiger partial charge in [0.05, 0.1) is 22.4 Å². The summed E-state index contributed by atoms with van der Waals surface area (Å²) in [4.78, 5) is 12.4. The molecule has 5 nitrogen and oxygen atoms in total. The summed E-state index contributed by atoms with van der Waals surface area (Å²) in [6.45, 7) is 1.42. The molecule has 0 fully saturated rings. The van der Waals surface area contributed by atoms with Crippen molar-refractivity contribution in [3.63, 3.8) is 0 Å². The summed E-state index contributed by atoms with van der Waals surface area (Å²) in [5.74, 6) is 3.08. The molecule has 0 atom stereocenters. The van der Waals surface area contributed by atoms with E-state index in [1.54, 1.807) is 6.92 Å². The minimum atomic E-state index is -0.511. The maximum atomic E-state index is 12.4. The van der Waals surface area contributed by atoms with Crippen LogP contribution in [-0.2, 0) is 6.54 Å². The van der Waals surface area contributed by atoms with Crippen LogP contribution in [0.25, 0.3) is 5.69 Å². The molecule has 0 bridgehead atoms. The van der Waals surface area contributed by atoms with E-state index in [1.807, 2.05) is 0 Å². The number of aryl methyl sites for hydroxylation is 1. The summed E-state index contributed by atoms with van der Waals surface area (Å²) < 4.78 is 20.2. The van der Waals surface area contributed by atoms with Crippen LogP contribution in [0.15, 0.2) is 16.9 Å². The highest BCUT2D eigenvalue weighted by Gasteiger charge is 2.16. The minimum absolute atomic E-state index is 0.0274. The van der Waals surface area contributed by atoms with Gasteiger partial charge in [-0.1, -0.05) is 29.1 Å². The van der Waals surface area contributed by atoms with Crippen molar-refractivity contribution in [3.8, 4) is 23.8 Å². The lowest BCUT2D eigenvalue weighted by Crippen LogP contribution is -2.24. The van der Waals surface area contributed by atoms with Gasteiger partial charge in [-0.3, -0.25) is 8.96 Å². The second kappa shape index (κ2) is 7.53. The van der Waals surface area contributed by atoms with Crippen molar-refractivity contribution in [2.75, 3.05) is 13.3 Å². The van der Waals surface area contributed by atoms with Crippen LogP contribution in [0.3, 0.4) is 0 Å². The summed E-state index contributed by atoms with van der Waals surface area (Å²) in [5.41, 5.74) is -0.0988. The van der Waals surface area contributed by atoms with Gasteiger partial charge in [-0.15, -0.1) is 6.42 Å². The minimum Gasteiger partial charge on any atom is -0.479 e. The smallest absolute Gasteiger partial charge is 0.350 e. The van der Waals surface area contributed by atoms with Crippen molar-refractivity contribution < 1.29 is 9.13 Å². The SMILES string of the molecule is C#CCOc1cc(-n2nc(C)n(CCCF)c2=O)c(Cl)cc1Cl. The molecule has 0 aliphatic carbocycles. The Morgan fingerprint density at radius 1 is 1.39 bits per heavy atom. The third-order valence-corrected chi connectivity index (χ3v) is 3.70. The zero-order chi connectivity index (χ0) is 17.0. The fourth-order valence-corrected chi connectivity index (χ4v) is 2.55. The third-order valence-electron chi connectivity index (χ3n) is 3.10. The molecular formula is C15H14Cl2FN3O2. The largest absolute Gasteiger partial charge is 0.479 e. The van der Waals surface area contributed by atoms with E-state index in [0.717, 1.165) is 4.68 Å². The average Bonchev–Trinajstić information content (AvgIpc) is 2.79. The third kappa shape index (κ3) is 3.69. The highest BCUT2D eigenvalue weighted by atomic mass is 35.5. The molecule has 0 spiro atoms. The van der Waals surface area contributed by atoms with Crippen molar-refractivity contribution in [2.24, 2.45) is 0 Å². The van der Waals surface area contributed by atoms with Gasteiger partial charge >= 0.3 is 5.69 Å². The Balaban J connectivity index is 2.50. The molecule has 0 saturated carbocycles. The van der Waals surface area contributed by atoms with Gasteiger partial charge < -0.3 is 4.74 Å². The first kappa shape index (κ1) is 17.4. The Bertz CT molecular complexity index is 808. The highest BCUT2D eigenvalue weighted by molar-refractivity contribution is 6.36. The van der Waals surface area contributed by atoms with Crippen LogP contribution in [-0.4, -0.2) is 27.6 Å².